The van der Waals surface area contributed by atoms with Gasteiger partial charge < -0.3 is 10.1 Å². The third kappa shape index (κ3) is 2.14. The maximum atomic E-state index is 11.0. The van der Waals surface area contributed by atoms with Crippen LogP contribution in [0, 0.1) is 0 Å². The van der Waals surface area contributed by atoms with Gasteiger partial charge in [0.05, 0.1) is 12.2 Å². The summed E-state index contributed by atoms with van der Waals surface area (Å²) in [6.45, 7) is 5.79. The normalized spacial score (nSPS) is 21.2. The first-order valence-electron chi connectivity index (χ1n) is 5.74. The Morgan fingerprint density at radius 1 is 1.50 bits per heavy atom. The third-order valence-electron chi connectivity index (χ3n) is 2.90. The summed E-state index contributed by atoms with van der Waals surface area (Å²) in [6, 6.07) is 3.48. The van der Waals surface area contributed by atoms with Crippen LogP contribution in [-0.2, 0) is 11.2 Å². The SMILES string of the molecule is C=CCc1cc(C=O)cc2c1OC(C)(C=O)CN2. The number of anilines is 1. The quantitative estimate of drug-likeness (QED) is 0.651. The zero-order valence-electron chi connectivity index (χ0n) is 10.2. The molecule has 1 aromatic carbocycles. The van der Waals surface area contributed by atoms with Crippen LogP contribution in [0.4, 0.5) is 5.69 Å². The van der Waals surface area contributed by atoms with E-state index in [1.54, 1.807) is 25.1 Å². The molecule has 1 aromatic rings. The molecule has 94 valence electrons. The molecular weight excluding hydrogens is 230 g/mol. The Morgan fingerprint density at radius 2 is 2.28 bits per heavy atom. The van der Waals surface area contributed by atoms with Crippen LogP contribution in [0.15, 0.2) is 24.8 Å². The summed E-state index contributed by atoms with van der Waals surface area (Å²) in [4.78, 5) is 21.9. The zero-order valence-corrected chi connectivity index (χ0v) is 10.2. The molecule has 1 aliphatic heterocycles. The van der Waals surface area contributed by atoms with Crippen molar-refractivity contribution in [1.82, 2.24) is 0 Å². The van der Waals surface area contributed by atoms with E-state index in [2.05, 4.69) is 11.9 Å². The van der Waals surface area contributed by atoms with E-state index in [1.165, 1.54) is 0 Å². The fraction of sp³-hybridized carbons (Fsp3) is 0.286. The Morgan fingerprint density at radius 3 is 2.89 bits per heavy atom. The lowest BCUT2D eigenvalue weighted by Gasteiger charge is -2.33. The fourth-order valence-corrected chi connectivity index (χ4v) is 1.95. The predicted molar refractivity (Wildman–Crippen MR) is 69.3 cm³/mol. The Kier molecular flexibility index (Phi) is 3.19. The number of hydrogen-bond acceptors (Lipinski definition) is 4. The highest BCUT2D eigenvalue weighted by Gasteiger charge is 2.32. The van der Waals surface area contributed by atoms with Crippen molar-refractivity contribution in [3.63, 3.8) is 0 Å². The number of fused-ring (bicyclic) bond motifs is 1. The maximum Gasteiger partial charge on any atom is 0.178 e. The van der Waals surface area contributed by atoms with Gasteiger partial charge in [0.25, 0.3) is 0 Å². The van der Waals surface area contributed by atoms with Gasteiger partial charge in [0, 0.05) is 11.1 Å². The second-order valence-corrected chi connectivity index (χ2v) is 4.55. The van der Waals surface area contributed by atoms with Crippen LogP contribution in [0.1, 0.15) is 22.8 Å². The fourth-order valence-electron chi connectivity index (χ4n) is 1.95. The van der Waals surface area contributed by atoms with Crippen LogP contribution < -0.4 is 10.1 Å². The summed E-state index contributed by atoms with van der Waals surface area (Å²) in [6.07, 6.45) is 3.90. The van der Waals surface area contributed by atoms with E-state index in [1.807, 2.05) is 0 Å². The number of aldehydes is 2. The molecule has 0 saturated carbocycles. The van der Waals surface area contributed by atoms with Gasteiger partial charge in [-0.1, -0.05) is 6.08 Å². The molecule has 1 unspecified atom stereocenters. The Hall–Kier alpha value is -2.10. The van der Waals surface area contributed by atoms with Crippen LogP contribution in [0.2, 0.25) is 0 Å². The molecule has 2 rings (SSSR count). The van der Waals surface area contributed by atoms with Gasteiger partial charge in [-0.15, -0.1) is 6.58 Å². The second-order valence-electron chi connectivity index (χ2n) is 4.55. The maximum absolute atomic E-state index is 11.0. The van der Waals surface area contributed by atoms with Gasteiger partial charge in [-0.3, -0.25) is 9.59 Å². The summed E-state index contributed by atoms with van der Waals surface area (Å²) in [5.41, 5.74) is 1.31. The first-order chi connectivity index (χ1) is 8.61. The van der Waals surface area contributed by atoms with Gasteiger partial charge in [-0.05, 0) is 25.5 Å². The monoisotopic (exact) mass is 245 g/mol. The molecule has 0 spiro atoms. The van der Waals surface area contributed by atoms with Gasteiger partial charge in [0.1, 0.15) is 12.0 Å². The van der Waals surface area contributed by atoms with Gasteiger partial charge in [0.15, 0.2) is 11.9 Å². The molecule has 0 bridgehead atoms. The Balaban J connectivity index is 2.50. The third-order valence-corrected chi connectivity index (χ3v) is 2.90. The molecule has 1 atom stereocenters. The number of carbonyl (C=O) groups is 2. The molecule has 0 radical (unpaired) electrons. The smallest absolute Gasteiger partial charge is 0.178 e. The summed E-state index contributed by atoms with van der Waals surface area (Å²) in [5.74, 6) is 0.626. The van der Waals surface area contributed by atoms with Gasteiger partial charge in [-0.2, -0.15) is 0 Å². The van der Waals surface area contributed by atoms with E-state index in [0.29, 0.717) is 24.3 Å². The Labute approximate surface area is 106 Å². The minimum absolute atomic E-state index is 0.388. The van der Waals surface area contributed by atoms with Crippen LogP contribution in [0.3, 0.4) is 0 Å². The average Bonchev–Trinajstić information content (AvgIpc) is 2.39. The Bertz CT molecular complexity index is 510. The van der Waals surface area contributed by atoms with E-state index in [4.69, 9.17) is 4.74 Å². The van der Waals surface area contributed by atoms with Crippen molar-refractivity contribution >= 4 is 18.3 Å². The van der Waals surface area contributed by atoms with Crippen molar-refractivity contribution < 1.29 is 14.3 Å². The lowest BCUT2D eigenvalue weighted by molar-refractivity contribution is -0.119. The van der Waals surface area contributed by atoms with Gasteiger partial charge in [-0.25, -0.2) is 0 Å². The molecule has 0 aromatic heterocycles. The molecule has 4 heteroatoms. The number of nitrogens with one attached hydrogen (secondary N) is 1. The number of rotatable bonds is 4. The topological polar surface area (TPSA) is 55.4 Å². The minimum Gasteiger partial charge on any atom is -0.476 e. The second kappa shape index (κ2) is 4.64. The van der Waals surface area contributed by atoms with Crippen molar-refractivity contribution in [3.05, 3.63) is 35.9 Å². The van der Waals surface area contributed by atoms with E-state index in [0.717, 1.165) is 23.8 Å². The molecule has 1 aliphatic rings. The highest BCUT2D eigenvalue weighted by molar-refractivity contribution is 5.81. The molecular formula is C14H15NO3. The van der Waals surface area contributed by atoms with Crippen LogP contribution in [-0.4, -0.2) is 24.7 Å². The highest BCUT2D eigenvalue weighted by Crippen LogP contribution is 2.37. The first kappa shape index (κ1) is 12.4. The van der Waals surface area contributed by atoms with Gasteiger partial charge >= 0.3 is 0 Å². The highest BCUT2D eigenvalue weighted by atomic mass is 16.5. The van der Waals surface area contributed by atoms with Crippen molar-refractivity contribution in [1.29, 1.82) is 0 Å². The van der Waals surface area contributed by atoms with Crippen molar-refractivity contribution in [2.45, 2.75) is 18.9 Å². The van der Waals surface area contributed by atoms with Crippen LogP contribution in [0.5, 0.6) is 5.75 Å². The average molecular weight is 245 g/mol. The minimum atomic E-state index is -0.869. The van der Waals surface area contributed by atoms with Crippen LogP contribution >= 0.6 is 0 Å². The number of allylic oxidation sites excluding steroid dienone is 1. The molecule has 1 heterocycles. The number of carbonyl (C=O) groups excluding carboxylic acids is 2. The zero-order chi connectivity index (χ0) is 13.2. The largest absolute Gasteiger partial charge is 0.476 e. The van der Waals surface area contributed by atoms with E-state index in [9.17, 15) is 9.59 Å². The number of benzene rings is 1. The number of hydrogen-bond donors (Lipinski definition) is 1. The van der Waals surface area contributed by atoms with E-state index < -0.39 is 5.60 Å². The molecule has 0 fully saturated rings. The molecule has 18 heavy (non-hydrogen) atoms. The molecule has 0 aliphatic carbocycles. The van der Waals surface area contributed by atoms with Crippen LogP contribution in [0.25, 0.3) is 0 Å². The predicted octanol–water partition coefficient (Wildman–Crippen LogP) is 1.99. The van der Waals surface area contributed by atoms with Crippen molar-refractivity contribution in [3.8, 4) is 5.75 Å². The summed E-state index contributed by atoms with van der Waals surface area (Å²) in [7, 11) is 0. The van der Waals surface area contributed by atoms with Crippen molar-refractivity contribution in [2.24, 2.45) is 0 Å². The van der Waals surface area contributed by atoms with E-state index >= 15 is 0 Å². The summed E-state index contributed by atoms with van der Waals surface area (Å²) < 4.78 is 5.76. The van der Waals surface area contributed by atoms with Crippen molar-refractivity contribution in [2.75, 3.05) is 11.9 Å². The molecule has 0 amide bonds. The number of ether oxygens (including phenoxy) is 1. The standard InChI is InChI=1S/C14H15NO3/c1-3-4-11-5-10(7-16)6-12-13(11)18-14(2,9-17)8-15-12/h3,5-7,9,15H,1,4,8H2,2H3. The van der Waals surface area contributed by atoms with E-state index in [-0.39, 0.29) is 0 Å². The summed E-state index contributed by atoms with van der Waals surface area (Å²) >= 11 is 0. The molecule has 0 saturated heterocycles. The molecule has 1 N–H and O–H groups in total. The lowest BCUT2D eigenvalue weighted by atomic mass is 10.0. The first-order valence-corrected chi connectivity index (χ1v) is 5.74. The molecule has 4 nitrogen and oxygen atoms in total. The van der Waals surface area contributed by atoms with Gasteiger partial charge in [0.2, 0.25) is 0 Å². The lowest BCUT2D eigenvalue weighted by Crippen LogP contribution is -2.44. The summed E-state index contributed by atoms with van der Waals surface area (Å²) in [5, 5.41) is 3.13.